The summed E-state index contributed by atoms with van der Waals surface area (Å²) in [5.41, 5.74) is 1.38. The molecule has 1 aliphatic heterocycles. The Hall–Kier alpha value is -0.390. The highest BCUT2D eigenvalue weighted by Gasteiger charge is 2.32. The molecule has 0 N–H and O–H groups in total. The average Bonchev–Trinajstić information content (AvgIpc) is 2.49. The van der Waals surface area contributed by atoms with Gasteiger partial charge in [0.25, 0.3) is 0 Å². The van der Waals surface area contributed by atoms with Crippen molar-refractivity contribution in [2.45, 2.75) is 26.8 Å². The smallest absolute Gasteiger partial charge is 0.222 e. The summed E-state index contributed by atoms with van der Waals surface area (Å²) in [7, 11) is 0. The van der Waals surface area contributed by atoms with Crippen molar-refractivity contribution in [1.29, 1.82) is 0 Å². The third-order valence-corrected chi connectivity index (χ3v) is 4.97. The maximum atomic E-state index is 11.8. The lowest BCUT2D eigenvalue weighted by Crippen LogP contribution is -3.00. The zero-order valence-corrected chi connectivity index (χ0v) is 16.0. The van der Waals surface area contributed by atoms with Gasteiger partial charge in [0.1, 0.15) is 6.54 Å². The molecular weight excluding hydrogens is 396 g/mol. The summed E-state index contributed by atoms with van der Waals surface area (Å²) in [6, 6.07) is 8.61. The number of quaternary nitrogens is 1. The van der Waals surface area contributed by atoms with Crippen molar-refractivity contribution in [1.82, 2.24) is 4.90 Å². The van der Waals surface area contributed by atoms with E-state index in [1.54, 1.807) is 0 Å². The normalized spacial score (nSPS) is 17.2. The van der Waals surface area contributed by atoms with E-state index in [1.165, 1.54) is 5.56 Å². The number of benzene rings is 1. The molecule has 1 aromatic carbocycles. The maximum Gasteiger partial charge on any atom is 0.222 e. The van der Waals surface area contributed by atoms with Crippen LogP contribution < -0.4 is 17.0 Å². The molecule has 0 unspecified atom stereocenters. The highest BCUT2D eigenvalue weighted by atomic mass is 79.9. The van der Waals surface area contributed by atoms with Gasteiger partial charge in [0.05, 0.1) is 32.7 Å². The molecule has 0 bridgehead atoms. The first-order valence-corrected chi connectivity index (χ1v) is 8.25. The Bertz CT molecular complexity index is 454. The first-order chi connectivity index (χ1) is 9.58. The summed E-state index contributed by atoms with van der Waals surface area (Å²) in [5, 5.41) is 0. The van der Waals surface area contributed by atoms with Gasteiger partial charge in [0.15, 0.2) is 0 Å². The number of carbonyl (C=O) groups is 1. The minimum Gasteiger partial charge on any atom is -1.00 e. The molecule has 3 nitrogen and oxygen atoms in total. The Morgan fingerprint density at radius 3 is 2.24 bits per heavy atom. The topological polar surface area (TPSA) is 20.3 Å². The molecule has 0 aliphatic carbocycles. The van der Waals surface area contributed by atoms with Crippen molar-refractivity contribution >= 4 is 21.8 Å². The molecule has 1 fully saturated rings. The molecule has 1 amide bonds. The fourth-order valence-electron chi connectivity index (χ4n) is 2.93. The van der Waals surface area contributed by atoms with Gasteiger partial charge in [-0.3, -0.25) is 4.79 Å². The first kappa shape index (κ1) is 18.7. The number of nitrogens with zero attached hydrogens (tertiary/aromatic N) is 2. The molecule has 0 aromatic heterocycles. The van der Waals surface area contributed by atoms with E-state index in [-0.39, 0.29) is 17.0 Å². The zero-order valence-electron chi connectivity index (χ0n) is 12.8. The van der Waals surface area contributed by atoms with Crippen LogP contribution >= 0.6 is 15.9 Å². The summed E-state index contributed by atoms with van der Waals surface area (Å²) < 4.78 is 2.22. The number of piperazine rings is 1. The van der Waals surface area contributed by atoms with Gasteiger partial charge in [0, 0.05) is 16.5 Å². The summed E-state index contributed by atoms with van der Waals surface area (Å²) in [5.74, 6) is 0.294. The third-order valence-electron chi connectivity index (χ3n) is 4.45. The second-order valence-corrected chi connectivity index (χ2v) is 6.54. The summed E-state index contributed by atoms with van der Waals surface area (Å²) in [4.78, 5) is 13.8. The highest BCUT2D eigenvalue weighted by Crippen LogP contribution is 2.20. The third kappa shape index (κ3) is 4.80. The molecule has 118 valence electrons. The van der Waals surface area contributed by atoms with Crippen LogP contribution in [0.4, 0.5) is 0 Å². The number of rotatable bonds is 4. The van der Waals surface area contributed by atoms with E-state index in [4.69, 9.17) is 0 Å². The maximum absolute atomic E-state index is 11.8. The SMILES string of the molecule is CCC(=O)N1CC[N+](CC)(Cc2ccc(Br)cc2)CC1.[Br-]. The van der Waals surface area contributed by atoms with Gasteiger partial charge in [-0.1, -0.05) is 35.0 Å². The fourth-order valence-corrected chi connectivity index (χ4v) is 3.19. The minimum absolute atomic E-state index is 0. The van der Waals surface area contributed by atoms with Gasteiger partial charge in [0.2, 0.25) is 5.91 Å². The molecule has 0 saturated carbocycles. The van der Waals surface area contributed by atoms with Crippen LogP contribution in [0.3, 0.4) is 0 Å². The summed E-state index contributed by atoms with van der Waals surface area (Å²) in [6.07, 6.45) is 0.624. The van der Waals surface area contributed by atoms with E-state index in [0.717, 1.165) is 48.2 Å². The Kier molecular flexibility index (Phi) is 7.37. The van der Waals surface area contributed by atoms with Crippen molar-refractivity contribution in [3.63, 3.8) is 0 Å². The van der Waals surface area contributed by atoms with Gasteiger partial charge < -0.3 is 26.4 Å². The van der Waals surface area contributed by atoms with E-state index in [0.29, 0.717) is 12.3 Å². The van der Waals surface area contributed by atoms with E-state index >= 15 is 0 Å². The van der Waals surface area contributed by atoms with Gasteiger partial charge in [-0.2, -0.15) is 0 Å². The lowest BCUT2D eigenvalue weighted by atomic mass is 10.1. The molecule has 1 saturated heterocycles. The lowest BCUT2D eigenvalue weighted by Gasteiger charge is -2.44. The van der Waals surface area contributed by atoms with Crippen LogP contribution in [0, 0.1) is 0 Å². The quantitative estimate of drug-likeness (QED) is 0.631. The van der Waals surface area contributed by atoms with E-state index < -0.39 is 0 Å². The molecule has 0 atom stereocenters. The summed E-state index contributed by atoms with van der Waals surface area (Å²) in [6.45, 7) is 10.3. The van der Waals surface area contributed by atoms with E-state index in [2.05, 4.69) is 47.1 Å². The molecule has 0 spiro atoms. The Labute approximate surface area is 146 Å². The number of halogens is 2. The van der Waals surface area contributed by atoms with Crippen LogP contribution in [0.1, 0.15) is 25.8 Å². The van der Waals surface area contributed by atoms with Crippen molar-refractivity contribution < 1.29 is 26.3 Å². The Balaban J connectivity index is 0.00000220. The van der Waals surface area contributed by atoms with Gasteiger partial charge in [-0.05, 0) is 19.1 Å². The van der Waals surface area contributed by atoms with Crippen LogP contribution in [-0.2, 0) is 11.3 Å². The number of likely N-dealkylation sites (N-methyl/N-ethyl adjacent to an activating group) is 1. The molecular formula is C16H24Br2N2O. The molecule has 1 aliphatic rings. The van der Waals surface area contributed by atoms with E-state index in [1.807, 2.05) is 11.8 Å². The summed E-state index contributed by atoms with van der Waals surface area (Å²) >= 11 is 3.48. The second kappa shape index (κ2) is 8.30. The van der Waals surface area contributed by atoms with Crippen LogP contribution in [0.2, 0.25) is 0 Å². The molecule has 5 heteroatoms. The van der Waals surface area contributed by atoms with Crippen LogP contribution in [0.5, 0.6) is 0 Å². The van der Waals surface area contributed by atoms with E-state index in [9.17, 15) is 4.79 Å². The first-order valence-electron chi connectivity index (χ1n) is 7.46. The van der Waals surface area contributed by atoms with Gasteiger partial charge in [-0.15, -0.1) is 0 Å². The van der Waals surface area contributed by atoms with Gasteiger partial charge in [-0.25, -0.2) is 0 Å². The standard InChI is InChI=1S/C16H24BrN2O.BrH/c1-3-16(20)18-9-11-19(4-2,12-10-18)13-14-5-7-15(17)8-6-14;/h5-8H,3-4,9-13H2,1-2H3;1H/q+1;/p-1. The molecule has 0 radical (unpaired) electrons. The van der Waals surface area contributed by atoms with Crippen molar-refractivity contribution in [3.8, 4) is 0 Å². The molecule has 2 rings (SSSR count). The number of hydrogen-bond acceptors (Lipinski definition) is 1. The largest absolute Gasteiger partial charge is 1.00 e. The van der Waals surface area contributed by atoms with Crippen molar-refractivity contribution in [2.75, 3.05) is 32.7 Å². The fraction of sp³-hybridized carbons (Fsp3) is 0.562. The molecule has 21 heavy (non-hydrogen) atoms. The van der Waals surface area contributed by atoms with Crippen LogP contribution in [-0.4, -0.2) is 48.0 Å². The predicted octanol–water partition coefficient (Wildman–Crippen LogP) is 0.0420. The monoisotopic (exact) mass is 418 g/mol. The van der Waals surface area contributed by atoms with Crippen LogP contribution in [0.15, 0.2) is 28.7 Å². The minimum atomic E-state index is 0. The van der Waals surface area contributed by atoms with Crippen molar-refractivity contribution in [3.05, 3.63) is 34.3 Å². The highest BCUT2D eigenvalue weighted by molar-refractivity contribution is 9.10. The number of carbonyl (C=O) groups excluding carboxylic acids is 1. The van der Waals surface area contributed by atoms with Gasteiger partial charge >= 0.3 is 0 Å². The lowest BCUT2D eigenvalue weighted by molar-refractivity contribution is -0.942. The zero-order chi connectivity index (χ0) is 14.6. The number of amides is 1. The molecule has 1 heterocycles. The molecule has 1 aromatic rings. The number of hydrogen-bond donors (Lipinski definition) is 0. The van der Waals surface area contributed by atoms with Crippen LogP contribution in [0.25, 0.3) is 0 Å². The Morgan fingerprint density at radius 2 is 1.76 bits per heavy atom. The second-order valence-electron chi connectivity index (χ2n) is 5.62. The average molecular weight is 420 g/mol. The van der Waals surface area contributed by atoms with Crippen molar-refractivity contribution in [2.24, 2.45) is 0 Å². The predicted molar refractivity (Wildman–Crippen MR) is 85.3 cm³/mol. The Morgan fingerprint density at radius 1 is 1.19 bits per heavy atom.